The molecule has 0 aliphatic carbocycles. The Morgan fingerprint density at radius 1 is 1.50 bits per heavy atom. The number of para-hydroxylation sites is 2. The molecular weight excluding hydrogens is 226 g/mol. The van der Waals surface area contributed by atoms with E-state index in [0.29, 0.717) is 5.82 Å². The van der Waals surface area contributed by atoms with Crippen molar-refractivity contribution < 1.29 is 9.90 Å². The average molecular weight is 236 g/mol. The molecule has 0 aliphatic heterocycles. The Morgan fingerprint density at radius 2 is 2.25 bits per heavy atom. The second-order valence-corrected chi connectivity index (χ2v) is 3.95. The summed E-state index contributed by atoms with van der Waals surface area (Å²) in [6.07, 6.45) is -1.31. The molecule has 1 aromatic heterocycles. The van der Waals surface area contributed by atoms with Gasteiger partial charge in [0.1, 0.15) is 5.82 Å². The molecule has 1 amide bonds. The first-order valence-corrected chi connectivity index (χ1v) is 5.26. The van der Waals surface area contributed by atoms with E-state index in [4.69, 9.17) is 0 Å². The summed E-state index contributed by atoms with van der Waals surface area (Å²) < 4.78 is 0. The average Bonchev–Trinajstić information content (AvgIpc) is 2.69. The molecule has 0 bridgehead atoms. The number of carbonyl (C=O) groups is 1. The lowest BCUT2D eigenvalue weighted by atomic mass is 10.3. The van der Waals surface area contributed by atoms with Crippen molar-refractivity contribution in [1.82, 2.24) is 15.3 Å². The van der Waals surface area contributed by atoms with Crippen LogP contribution in [0.15, 0.2) is 24.3 Å². The molecule has 2 rings (SSSR count). The fourth-order valence-electron chi connectivity index (χ4n) is 1.41. The molecule has 83 valence electrons. The molecule has 2 N–H and O–H groups in total. The number of fused-ring (bicyclic) bond motifs is 1. The maximum atomic E-state index is 10.2. The van der Waals surface area contributed by atoms with Gasteiger partial charge in [-0.1, -0.05) is 12.1 Å². The van der Waals surface area contributed by atoms with Crippen LogP contribution in [0.5, 0.6) is 0 Å². The standard InChI is InChI=1S/C10H10N3O2S/c14-10(15)11-5-8(16)9-12-6-3-1-2-4-7(6)13-9/h1-4,8,11,16H,5H2,(H,12,13). The van der Waals surface area contributed by atoms with Gasteiger partial charge in [0.05, 0.1) is 16.3 Å². The Bertz CT molecular complexity index is 478. The van der Waals surface area contributed by atoms with Gasteiger partial charge in [0, 0.05) is 6.54 Å². The van der Waals surface area contributed by atoms with Crippen LogP contribution in [0.3, 0.4) is 0 Å². The summed E-state index contributed by atoms with van der Waals surface area (Å²) in [5.41, 5.74) is 1.75. The maximum absolute atomic E-state index is 10.2. The third kappa shape index (κ3) is 2.27. The maximum Gasteiger partial charge on any atom is 0.450 e. The number of H-pyrrole nitrogens is 1. The summed E-state index contributed by atoms with van der Waals surface area (Å²) >= 11 is 4.26. The molecule has 5 nitrogen and oxygen atoms in total. The molecule has 0 aliphatic rings. The van der Waals surface area contributed by atoms with Crippen LogP contribution in [0, 0.1) is 0 Å². The van der Waals surface area contributed by atoms with Gasteiger partial charge in [-0.05, 0) is 12.1 Å². The fraction of sp³-hybridized carbons (Fsp3) is 0.200. The highest BCUT2D eigenvalue weighted by Crippen LogP contribution is 2.19. The Hall–Kier alpha value is -1.69. The molecule has 1 radical (unpaired) electrons. The molecule has 1 atom stereocenters. The zero-order chi connectivity index (χ0) is 11.5. The number of hydrogen-bond acceptors (Lipinski definition) is 3. The number of nitrogens with zero attached hydrogens (tertiary/aromatic N) is 1. The van der Waals surface area contributed by atoms with E-state index in [1.54, 1.807) is 0 Å². The number of aromatic nitrogens is 2. The van der Waals surface area contributed by atoms with Crippen LogP contribution in [-0.4, -0.2) is 22.6 Å². The summed E-state index contributed by atoms with van der Waals surface area (Å²) in [4.78, 5) is 17.6. The molecule has 0 fully saturated rings. The van der Waals surface area contributed by atoms with Gasteiger partial charge in [-0.15, -0.1) is 0 Å². The van der Waals surface area contributed by atoms with Gasteiger partial charge in [-0.2, -0.15) is 12.6 Å². The van der Waals surface area contributed by atoms with Crippen LogP contribution in [-0.2, 0) is 5.11 Å². The van der Waals surface area contributed by atoms with Crippen molar-refractivity contribution in [3.8, 4) is 0 Å². The van der Waals surface area contributed by atoms with Gasteiger partial charge in [0.2, 0.25) is 0 Å². The summed E-state index contributed by atoms with van der Waals surface area (Å²) in [6, 6.07) is 7.57. The molecule has 0 spiro atoms. The number of nitrogens with one attached hydrogen (secondary N) is 2. The zero-order valence-corrected chi connectivity index (χ0v) is 9.20. The first kappa shape index (κ1) is 10.8. The van der Waals surface area contributed by atoms with Crippen LogP contribution < -0.4 is 5.32 Å². The van der Waals surface area contributed by atoms with Crippen LogP contribution in [0.4, 0.5) is 4.79 Å². The lowest BCUT2D eigenvalue weighted by Crippen LogP contribution is -2.24. The quantitative estimate of drug-likeness (QED) is 0.709. The van der Waals surface area contributed by atoms with Gasteiger partial charge in [-0.3, -0.25) is 0 Å². The largest absolute Gasteiger partial charge is 0.450 e. The van der Waals surface area contributed by atoms with Crippen molar-refractivity contribution in [2.75, 3.05) is 6.54 Å². The highest BCUT2D eigenvalue weighted by Gasteiger charge is 2.12. The van der Waals surface area contributed by atoms with E-state index in [1.807, 2.05) is 24.3 Å². The van der Waals surface area contributed by atoms with Gasteiger partial charge in [0.15, 0.2) is 0 Å². The van der Waals surface area contributed by atoms with E-state index in [2.05, 4.69) is 27.9 Å². The van der Waals surface area contributed by atoms with E-state index in [0.717, 1.165) is 11.0 Å². The molecule has 0 saturated heterocycles. The minimum Gasteiger partial charge on any atom is -0.341 e. The molecule has 2 aromatic rings. The van der Waals surface area contributed by atoms with E-state index in [9.17, 15) is 9.90 Å². The first-order valence-electron chi connectivity index (χ1n) is 4.74. The Morgan fingerprint density at radius 3 is 2.94 bits per heavy atom. The highest BCUT2D eigenvalue weighted by molar-refractivity contribution is 7.80. The summed E-state index contributed by atoms with van der Waals surface area (Å²) in [6.45, 7) is 0.158. The molecule has 1 aromatic carbocycles. The van der Waals surface area contributed by atoms with Gasteiger partial charge in [-0.25, -0.2) is 14.9 Å². The van der Waals surface area contributed by atoms with E-state index in [-0.39, 0.29) is 11.8 Å². The molecule has 1 heterocycles. The number of amides is 1. The van der Waals surface area contributed by atoms with Crippen LogP contribution in [0.2, 0.25) is 0 Å². The topological polar surface area (TPSA) is 77.7 Å². The predicted octanol–water partition coefficient (Wildman–Crippen LogP) is 1.67. The molecule has 6 heteroatoms. The molecule has 1 unspecified atom stereocenters. The van der Waals surface area contributed by atoms with Crippen molar-refractivity contribution in [3.05, 3.63) is 30.1 Å². The minimum absolute atomic E-state index is 0.158. The van der Waals surface area contributed by atoms with Gasteiger partial charge >= 0.3 is 6.09 Å². The SMILES string of the molecule is [O]C(=O)NCC(S)c1nc2ccccc2[nH]1. The van der Waals surface area contributed by atoms with E-state index < -0.39 is 6.09 Å². The second-order valence-electron chi connectivity index (χ2n) is 3.32. The molecular formula is C10H10N3O2S. The van der Waals surface area contributed by atoms with Crippen molar-refractivity contribution in [3.63, 3.8) is 0 Å². The van der Waals surface area contributed by atoms with E-state index >= 15 is 0 Å². The Kier molecular flexibility index (Phi) is 3.00. The predicted molar refractivity (Wildman–Crippen MR) is 61.9 cm³/mol. The van der Waals surface area contributed by atoms with E-state index in [1.165, 1.54) is 0 Å². The first-order chi connectivity index (χ1) is 7.66. The Labute approximate surface area is 97.3 Å². The number of benzene rings is 1. The summed E-state index contributed by atoms with van der Waals surface area (Å²) in [5.74, 6) is 0.637. The minimum atomic E-state index is -1.31. The third-order valence-corrected chi connectivity index (χ3v) is 2.59. The number of carbonyl (C=O) groups excluding carboxylic acids is 1. The lowest BCUT2D eigenvalue weighted by Gasteiger charge is -2.05. The van der Waals surface area contributed by atoms with Crippen LogP contribution in [0.25, 0.3) is 11.0 Å². The normalized spacial score (nSPS) is 12.6. The van der Waals surface area contributed by atoms with Crippen molar-refractivity contribution in [1.29, 1.82) is 0 Å². The smallest absolute Gasteiger partial charge is 0.341 e. The number of thiol groups is 1. The molecule has 0 saturated carbocycles. The van der Waals surface area contributed by atoms with Crippen LogP contribution >= 0.6 is 12.6 Å². The highest BCUT2D eigenvalue weighted by atomic mass is 32.1. The third-order valence-electron chi connectivity index (χ3n) is 2.16. The van der Waals surface area contributed by atoms with Gasteiger partial charge in [0.25, 0.3) is 0 Å². The van der Waals surface area contributed by atoms with Crippen molar-refractivity contribution in [2.45, 2.75) is 5.25 Å². The van der Waals surface area contributed by atoms with Crippen LogP contribution in [0.1, 0.15) is 11.1 Å². The monoisotopic (exact) mass is 236 g/mol. The zero-order valence-electron chi connectivity index (χ0n) is 8.30. The molecule has 16 heavy (non-hydrogen) atoms. The number of aromatic amines is 1. The summed E-state index contributed by atoms with van der Waals surface area (Å²) in [5, 5.41) is 12.1. The fourth-order valence-corrected chi connectivity index (χ4v) is 1.62. The van der Waals surface area contributed by atoms with Crippen molar-refractivity contribution in [2.24, 2.45) is 0 Å². The number of hydrogen-bond donors (Lipinski definition) is 3. The second kappa shape index (κ2) is 4.44. The summed E-state index contributed by atoms with van der Waals surface area (Å²) in [7, 11) is 0. The van der Waals surface area contributed by atoms with Crippen molar-refractivity contribution >= 4 is 29.8 Å². The Balaban J connectivity index is 2.16. The van der Waals surface area contributed by atoms with Gasteiger partial charge < -0.3 is 10.3 Å². The number of imidazole rings is 1. The lowest BCUT2D eigenvalue weighted by molar-refractivity contribution is 0.168. The number of rotatable bonds is 3.